The van der Waals surface area contributed by atoms with Crippen LogP contribution in [0.5, 0.6) is 0 Å². The van der Waals surface area contributed by atoms with Gasteiger partial charge in [0.1, 0.15) is 0 Å². The van der Waals surface area contributed by atoms with E-state index in [0.29, 0.717) is 4.22 Å². The van der Waals surface area contributed by atoms with E-state index in [2.05, 4.69) is 68.5 Å². The van der Waals surface area contributed by atoms with Crippen molar-refractivity contribution in [2.24, 2.45) is 0 Å². The molecule has 0 aliphatic heterocycles. The SMILES string of the molecule is C[C](C)=[Ti+2]([C]1=CC=CC1)[CH]1c2ccc(C3CCCCC3)cc2-c2cc(C3CCCCC3)ccc21.[Cl-].[Cl-]. The first-order valence-corrected chi connectivity index (χ1v) is 16.5. The summed E-state index contributed by atoms with van der Waals surface area (Å²) in [6.07, 6.45) is 22.4. The van der Waals surface area contributed by atoms with Gasteiger partial charge >= 0.3 is 214 Å². The third kappa shape index (κ3) is 5.31. The molecule has 2 aromatic carbocycles. The molecule has 3 heteroatoms. The zero-order valence-corrected chi connectivity index (χ0v) is 25.0. The van der Waals surface area contributed by atoms with E-state index in [1.165, 1.54) is 70.6 Å². The Labute approximate surface area is 237 Å². The molecule has 2 fully saturated rings. The van der Waals surface area contributed by atoms with E-state index in [0.717, 1.165) is 11.8 Å². The molecule has 0 radical (unpaired) electrons. The van der Waals surface area contributed by atoms with E-state index in [1.807, 2.05) is 0 Å². The fourth-order valence-electron chi connectivity index (χ4n) is 7.42. The molecule has 2 saturated carbocycles. The number of benzene rings is 2. The van der Waals surface area contributed by atoms with Gasteiger partial charge < -0.3 is 24.8 Å². The normalized spacial score (nSPS) is 19.4. The van der Waals surface area contributed by atoms with E-state index in [9.17, 15) is 0 Å². The molecule has 36 heavy (non-hydrogen) atoms. The first-order valence-electron chi connectivity index (χ1n) is 14.0. The molecule has 0 N–H and O–H groups in total. The van der Waals surface area contributed by atoms with Crippen molar-refractivity contribution in [3.05, 3.63) is 80.8 Å². The van der Waals surface area contributed by atoms with Gasteiger partial charge in [0, 0.05) is 0 Å². The summed E-state index contributed by atoms with van der Waals surface area (Å²) in [7, 11) is 0. The average molecular weight is 555 g/mol. The van der Waals surface area contributed by atoms with Gasteiger partial charge in [-0.05, 0) is 0 Å². The van der Waals surface area contributed by atoms with Gasteiger partial charge in [-0.15, -0.1) is 0 Å². The maximum Gasteiger partial charge on any atom is -1.00 e. The second-order valence-corrected chi connectivity index (χ2v) is 16.3. The molecule has 0 heterocycles. The molecule has 0 atom stereocenters. The number of halogens is 2. The van der Waals surface area contributed by atoms with Crippen LogP contribution in [0.4, 0.5) is 0 Å². The summed E-state index contributed by atoms with van der Waals surface area (Å²) in [5.41, 5.74) is 9.73. The van der Waals surface area contributed by atoms with Crippen molar-refractivity contribution in [3.8, 4) is 11.1 Å². The summed E-state index contributed by atoms with van der Waals surface area (Å²) in [6.45, 7) is 4.86. The summed E-state index contributed by atoms with van der Waals surface area (Å²) in [5, 5.41) is 0. The molecule has 4 aliphatic carbocycles. The Bertz CT molecular complexity index is 1100. The molecule has 190 valence electrons. The maximum absolute atomic E-state index is 2.65. The number of fused-ring (bicyclic) bond motifs is 3. The molecule has 0 amide bonds. The number of hydrogen-bond acceptors (Lipinski definition) is 0. The fraction of sp³-hybridized carbons (Fsp3) is 0.485. The number of hydrogen-bond donors (Lipinski definition) is 0. The molecule has 0 aromatic heterocycles. The summed E-state index contributed by atoms with van der Waals surface area (Å²) < 4.78 is 4.10. The smallest absolute Gasteiger partial charge is 1.00 e. The first kappa shape index (κ1) is 28.1. The van der Waals surface area contributed by atoms with Crippen LogP contribution in [0.3, 0.4) is 0 Å². The van der Waals surface area contributed by atoms with Gasteiger partial charge in [0.25, 0.3) is 0 Å². The van der Waals surface area contributed by atoms with E-state index < -0.39 is 17.4 Å². The Morgan fingerprint density at radius 2 is 1.19 bits per heavy atom. The molecule has 2 aromatic rings. The van der Waals surface area contributed by atoms with Crippen LogP contribution in [0.15, 0.2) is 58.5 Å². The van der Waals surface area contributed by atoms with Crippen molar-refractivity contribution in [1.29, 1.82) is 0 Å². The van der Waals surface area contributed by atoms with Crippen molar-refractivity contribution in [2.75, 3.05) is 0 Å². The van der Waals surface area contributed by atoms with E-state index in [-0.39, 0.29) is 24.8 Å². The minimum atomic E-state index is -1.62. The molecule has 0 unspecified atom stereocenters. The van der Waals surface area contributed by atoms with E-state index in [4.69, 9.17) is 0 Å². The van der Waals surface area contributed by atoms with Gasteiger partial charge in [-0.2, -0.15) is 0 Å². The van der Waals surface area contributed by atoms with Crippen molar-refractivity contribution >= 4 is 3.81 Å². The Hall–Kier alpha value is -0.916. The first-order chi connectivity index (χ1) is 16.7. The van der Waals surface area contributed by atoms with E-state index in [1.54, 1.807) is 41.1 Å². The largest absolute Gasteiger partial charge is 1.00 e. The van der Waals surface area contributed by atoms with Gasteiger partial charge in [0.2, 0.25) is 0 Å². The summed E-state index contributed by atoms with van der Waals surface area (Å²) in [5.74, 6) is 1.56. The van der Waals surface area contributed by atoms with Crippen LogP contribution >= 0.6 is 0 Å². The maximum atomic E-state index is 2.65. The predicted molar refractivity (Wildman–Crippen MR) is 144 cm³/mol. The van der Waals surface area contributed by atoms with Crippen molar-refractivity contribution < 1.29 is 42.2 Å². The summed E-state index contributed by atoms with van der Waals surface area (Å²) in [6, 6.07) is 15.5. The number of rotatable bonds is 4. The third-order valence-electron chi connectivity index (χ3n) is 9.16. The van der Waals surface area contributed by atoms with Crippen LogP contribution in [0.25, 0.3) is 11.1 Å². The predicted octanol–water partition coefficient (Wildman–Crippen LogP) is 3.53. The fourth-order valence-corrected chi connectivity index (χ4v) is 12.6. The molecule has 0 nitrogen and oxygen atoms in total. The molecule has 6 rings (SSSR count). The summed E-state index contributed by atoms with van der Waals surface area (Å²) in [4.78, 5) is 0. The zero-order chi connectivity index (χ0) is 23.1. The van der Waals surface area contributed by atoms with Crippen molar-refractivity contribution in [3.63, 3.8) is 0 Å². The molecule has 0 bridgehead atoms. The summed E-state index contributed by atoms with van der Waals surface area (Å²) >= 11 is -1.62. The average Bonchev–Trinajstić information content (AvgIpc) is 3.52. The van der Waals surface area contributed by atoms with Gasteiger partial charge in [0.05, 0.1) is 0 Å². The Morgan fingerprint density at radius 3 is 1.61 bits per heavy atom. The molecule has 0 saturated heterocycles. The van der Waals surface area contributed by atoms with Crippen LogP contribution < -0.4 is 24.8 Å². The second kappa shape index (κ2) is 12.3. The van der Waals surface area contributed by atoms with Crippen LogP contribution in [0, 0.1) is 0 Å². The minimum Gasteiger partial charge on any atom is -1.00 e. The van der Waals surface area contributed by atoms with Gasteiger partial charge in [-0.3, -0.25) is 0 Å². The van der Waals surface area contributed by atoms with Crippen LogP contribution in [-0.4, -0.2) is 3.81 Å². The molecular weight excluding hydrogens is 515 g/mol. The zero-order valence-electron chi connectivity index (χ0n) is 22.0. The van der Waals surface area contributed by atoms with Crippen molar-refractivity contribution in [2.45, 2.75) is 101 Å². The van der Waals surface area contributed by atoms with Gasteiger partial charge in [-0.25, -0.2) is 0 Å². The molecule has 0 spiro atoms. The second-order valence-electron chi connectivity index (χ2n) is 11.5. The molecule has 4 aliphatic rings. The molecular formula is C33H40Cl2Ti. The topological polar surface area (TPSA) is 0 Å². The number of allylic oxidation sites excluding steroid dienone is 4. The standard InChI is InChI=1S/C25H29.C5H5.C3H6.2ClH.Ti/c1-3-7-18(8-4-1)20-11-13-22-15-23-14-12-21(17-25(23)24(22)16-20)19-9-5-2-6-10-19;1-2-4-5-3-1;1-3-2;;;/h11-19H,1-10H2;1-3H,4H2;1-2H3;2*1H;/q;;;;;+2/p-2. The van der Waals surface area contributed by atoms with Crippen LogP contribution in [0.2, 0.25) is 0 Å². The minimum absolute atomic E-state index is 0. The monoisotopic (exact) mass is 554 g/mol. The van der Waals surface area contributed by atoms with Crippen molar-refractivity contribution in [1.82, 2.24) is 0 Å². The van der Waals surface area contributed by atoms with E-state index >= 15 is 0 Å². The van der Waals surface area contributed by atoms with Gasteiger partial charge in [0.15, 0.2) is 0 Å². The van der Waals surface area contributed by atoms with Crippen LogP contribution in [-0.2, 0) is 17.4 Å². The Morgan fingerprint density at radius 1 is 0.694 bits per heavy atom. The Kier molecular flexibility index (Phi) is 9.60. The third-order valence-corrected chi connectivity index (χ3v) is 14.4. The van der Waals surface area contributed by atoms with Gasteiger partial charge in [-0.1, -0.05) is 0 Å². The van der Waals surface area contributed by atoms with Crippen LogP contribution in [0.1, 0.15) is 123 Å². The quantitative estimate of drug-likeness (QED) is 0.507. The Balaban J connectivity index is 0.00000152.